The molecule has 1 aromatic heterocycles. The molecular weight excluding hydrogens is 394 g/mol. The lowest BCUT2D eigenvalue weighted by molar-refractivity contribution is -0.136. The van der Waals surface area contributed by atoms with Gasteiger partial charge in [0.05, 0.1) is 18.3 Å². The lowest BCUT2D eigenvalue weighted by Gasteiger charge is -2.33. The zero-order chi connectivity index (χ0) is 22.4. The van der Waals surface area contributed by atoms with Crippen LogP contribution in [0.25, 0.3) is 0 Å². The van der Waals surface area contributed by atoms with Gasteiger partial charge in [0.1, 0.15) is 5.69 Å². The number of hydrogen-bond donors (Lipinski definition) is 1. The fourth-order valence-corrected chi connectivity index (χ4v) is 3.18. The van der Waals surface area contributed by atoms with Crippen LogP contribution in [0.15, 0.2) is 0 Å². The van der Waals surface area contributed by atoms with Gasteiger partial charge in [-0.25, -0.2) is 14.4 Å². The second-order valence-corrected chi connectivity index (χ2v) is 7.22. The van der Waals surface area contributed by atoms with Crippen LogP contribution >= 0.6 is 0 Å². The van der Waals surface area contributed by atoms with Gasteiger partial charge in [-0.05, 0) is 40.2 Å². The van der Waals surface area contributed by atoms with E-state index in [2.05, 4.69) is 4.98 Å². The monoisotopic (exact) mass is 423 g/mol. The first kappa shape index (κ1) is 23.2. The molecule has 0 aliphatic carbocycles. The summed E-state index contributed by atoms with van der Waals surface area (Å²) in [7, 11) is 0. The zero-order valence-corrected chi connectivity index (χ0v) is 18.1. The molecule has 10 heteroatoms. The number of aromatic nitrogens is 1. The molecule has 0 spiro atoms. The van der Waals surface area contributed by atoms with Gasteiger partial charge < -0.3 is 29.0 Å². The predicted octanol–water partition coefficient (Wildman–Crippen LogP) is 1.65. The first-order valence-corrected chi connectivity index (χ1v) is 9.92. The quantitative estimate of drug-likeness (QED) is 0.546. The topological polar surface area (TPSA) is 118 Å². The lowest BCUT2D eigenvalue weighted by atomic mass is 10.1. The molecule has 10 nitrogen and oxygen atoms in total. The van der Waals surface area contributed by atoms with Gasteiger partial charge in [-0.3, -0.25) is 4.79 Å². The molecule has 0 unspecified atom stereocenters. The van der Waals surface area contributed by atoms with Crippen LogP contribution in [-0.2, 0) is 19.0 Å². The van der Waals surface area contributed by atoms with E-state index in [0.717, 1.165) is 0 Å². The normalized spacial score (nSPS) is 13.9. The van der Waals surface area contributed by atoms with E-state index in [-0.39, 0.29) is 23.3 Å². The van der Waals surface area contributed by atoms with Crippen LogP contribution in [0, 0.1) is 13.8 Å². The van der Waals surface area contributed by atoms with Gasteiger partial charge in [-0.1, -0.05) is 0 Å². The Kier molecular flexibility index (Phi) is 7.85. The molecule has 2 amide bonds. The number of nitrogens with zero attached hydrogens (tertiary/aromatic N) is 2. The Hall–Kier alpha value is -3.04. The number of carbonyl (C=O) groups excluding carboxylic acids is 4. The number of carbonyl (C=O) groups is 4. The summed E-state index contributed by atoms with van der Waals surface area (Å²) >= 11 is 0. The number of nitrogens with one attached hydrogen (secondary N) is 1. The van der Waals surface area contributed by atoms with Crippen LogP contribution in [0.3, 0.4) is 0 Å². The van der Waals surface area contributed by atoms with Crippen LogP contribution in [0.2, 0.25) is 0 Å². The van der Waals surface area contributed by atoms with E-state index in [1.165, 1.54) is 9.80 Å². The molecule has 0 atom stereocenters. The average molecular weight is 423 g/mol. The fraction of sp³-hybridized carbons (Fsp3) is 0.600. The molecule has 0 saturated carbocycles. The Bertz CT molecular complexity index is 808. The molecule has 1 saturated heterocycles. The summed E-state index contributed by atoms with van der Waals surface area (Å²) in [5.41, 5.74) is 1.31. The van der Waals surface area contributed by atoms with Crippen molar-refractivity contribution in [1.29, 1.82) is 0 Å². The van der Waals surface area contributed by atoms with E-state index in [9.17, 15) is 19.2 Å². The van der Waals surface area contributed by atoms with Gasteiger partial charge in [-0.2, -0.15) is 0 Å². The Morgan fingerprint density at radius 2 is 1.57 bits per heavy atom. The molecule has 2 rings (SSSR count). The molecule has 30 heavy (non-hydrogen) atoms. The number of aromatic amines is 1. The van der Waals surface area contributed by atoms with Gasteiger partial charge in [0, 0.05) is 31.9 Å². The van der Waals surface area contributed by atoms with Gasteiger partial charge in [0.2, 0.25) is 0 Å². The van der Waals surface area contributed by atoms with Crippen molar-refractivity contribution in [2.45, 2.75) is 40.7 Å². The Morgan fingerprint density at radius 3 is 2.13 bits per heavy atom. The maximum Gasteiger partial charge on any atom is 0.409 e. The van der Waals surface area contributed by atoms with Crippen molar-refractivity contribution in [1.82, 2.24) is 14.8 Å². The van der Waals surface area contributed by atoms with Crippen LogP contribution in [-0.4, -0.2) is 84.2 Å². The lowest BCUT2D eigenvalue weighted by Crippen LogP contribution is -2.51. The van der Waals surface area contributed by atoms with E-state index in [4.69, 9.17) is 14.2 Å². The van der Waals surface area contributed by atoms with E-state index < -0.39 is 24.6 Å². The van der Waals surface area contributed by atoms with Crippen LogP contribution in [0.1, 0.15) is 52.9 Å². The first-order valence-electron chi connectivity index (χ1n) is 9.92. The Morgan fingerprint density at radius 1 is 0.967 bits per heavy atom. The summed E-state index contributed by atoms with van der Waals surface area (Å²) in [6.45, 7) is 9.73. The van der Waals surface area contributed by atoms with Crippen LogP contribution in [0.5, 0.6) is 0 Å². The summed E-state index contributed by atoms with van der Waals surface area (Å²) in [4.78, 5) is 54.6. The molecule has 1 aliphatic rings. The number of rotatable bonds is 6. The zero-order valence-electron chi connectivity index (χ0n) is 18.1. The molecule has 1 aromatic rings. The summed E-state index contributed by atoms with van der Waals surface area (Å²) in [6, 6.07) is 0. The standard InChI is InChI=1S/C20H29N3O7/c1-6-28-20(27)23-9-7-22(8-10-23)15(24)11-29-19(26)17-13(4)16(14(5)21-17)18(25)30-12(2)3/h12,21H,6-11H2,1-5H3. The summed E-state index contributed by atoms with van der Waals surface area (Å²) < 4.78 is 15.3. The van der Waals surface area contributed by atoms with E-state index >= 15 is 0 Å². The van der Waals surface area contributed by atoms with Gasteiger partial charge in [-0.15, -0.1) is 0 Å². The number of esters is 2. The molecule has 1 N–H and O–H groups in total. The van der Waals surface area contributed by atoms with E-state index in [1.807, 2.05) is 0 Å². The van der Waals surface area contributed by atoms with E-state index in [0.29, 0.717) is 44.0 Å². The second kappa shape index (κ2) is 10.1. The third kappa shape index (κ3) is 5.52. The second-order valence-electron chi connectivity index (χ2n) is 7.22. The molecule has 0 radical (unpaired) electrons. The third-order valence-corrected chi connectivity index (χ3v) is 4.67. The van der Waals surface area contributed by atoms with Gasteiger partial charge >= 0.3 is 18.0 Å². The Balaban J connectivity index is 1.91. The van der Waals surface area contributed by atoms with Crippen molar-refractivity contribution in [2.24, 2.45) is 0 Å². The molecule has 0 aromatic carbocycles. The number of amides is 2. The van der Waals surface area contributed by atoms with Crippen molar-refractivity contribution in [3.63, 3.8) is 0 Å². The first-order chi connectivity index (χ1) is 14.1. The average Bonchev–Trinajstić information content (AvgIpc) is 2.99. The van der Waals surface area contributed by atoms with Crippen molar-refractivity contribution in [3.05, 3.63) is 22.5 Å². The highest BCUT2D eigenvalue weighted by atomic mass is 16.6. The van der Waals surface area contributed by atoms with E-state index in [1.54, 1.807) is 34.6 Å². The SMILES string of the molecule is CCOC(=O)N1CCN(C(=O)COC(=O)c2[nH]c(C)c(C(=O)OC(C)C)c2C)CC1. The highest BCUT2D eigenvalue weighted by molar-refractivity contribution is 5.99. The molecule has 2 heterocycles. The minimum absolute atomic E-state index is 0.114. The maximum absolute atomic E-state index is 12.4. The largest absolute Gasteiger partial charge is 0.459 e. The predicted molar refractivity (Wildman–Crippen MR) is 106 cm³/mol. The summed E-state index contributed by atoms with van der Waals surface area (Å²) in [6.07, 6.45) is -0.691. The molecule has 0 bridgehead atoms. The molecule has 166 valence electrons. The van der Waals surface area contributed by atoms with Crippen molar-refractivity contribution < 1.29 is 33.4 Å². The van der Waals surface area contributed by atoms with Crippen molar-refractivity contribution in [2.75, 3.05) is 39.4 Å². The van der Waals surface area contributed by atoms with Gasteiger partial charge in [0.15, 0.2) is 6.61 Å². The van der Waals surface area contributed by atoms with Crippen molar-refractivity contribution >= 4 is 23.9 Å². The number of H-pyrrole nitrogens is 1. The minimum Gasteiger partial charge on any atom is -0.459 e. The smallest absolute Gasteiger partial charge is 0.409 e. The maximum atomic E-state index is 12.4. The number of aryl methyl sites for hydroxylation is 1. The molecular formula is C20H29N3O7. The van der Waals surface area contributed by atoms with Crippen LogP contribution < -0.4 is 0 Å². The highest BCUT2D eigenvalue weighted by Crippen LogP contribution is 2.20. The number of hydrogen-bond acceptors (Lipinski definition) is 7. The summed E-state index contributed by atoms with van der Waals surface area (Å²) in [5.74, 6) is -1.60. The van der Waals surface area contributed by atoms with Crippen LogP contribution in [0.4, 0.5) is 4.79 Å². The molecule has 1 aliphatic heterocycles. The van der Waals surface area contributed by atoms with Crippen molar-refractivity contribution in [3.8, 4) is 0 Å². The number of piperazine rings is 1. The third-order valence-electron chi connectivity index (χ3n) is 4.67. The highest BCUT2D eigenvalue weighted by Gasteiger charge is 2.27. The fourth-order valence-electron chi connectivity index (χ4n) is 3.18. The Labute approximate surface area is 175 Å². The molecule has 1 fully saturated rings. The number of ether oxygens (including phenoxy) is 3. The minimum atomic E-state index is -0.724. The summed E-state index contributed by atoms with van der Waals surface area (Å²) in [5, 5.41) is 0. The van der Waals surface area contributed by atoms with Gasteiger partial charge in [0.25, 0.3) is 5.91 Å².